The molecular formula is C14H12ClNO. The fraction of sp³-hybridized carbons (Fsp3) is 0.143. The van der Waals surface area contributed by atoms with Crippen molar-refractivity contribution in [2.75, 3.05) is 0 Å². The van der Waals surface area contributed by atoms with Crippen LogP contribution < -0.4 is 0 Å². The third-order valence-corrected chi connectivity index (χ3v) is 2.72. The van der Waals surface area contributed by atoms with Gasteiger partial charge in [-0.05, 0) is 31.2 Å². The van der Waals surface area contributed by atoms with Crippen LogP contribution in [0.4, 0.5) is 0 Å². The number of nitrogens with zero attached hydrogens (tertiary/aromatic N) is 1. The number of hydrogen-bond acceptors (Lipinski definition) is 1. The predicted molar refractivity (Wildman–Crippen MR) is 70.7 cm³/mol. The van der Waals surface area contributed by atoms with E-state index in [0.29, 0.717) is 17.0 Å². The van der Waals surface area contributed by atoms with Gasteiger partial charge in [-0.25, -0.2) is 4.99 Å². The summed E-state index contributed by atoms with van der Waals surface area (Å²) in [4.78, 5) is 15.9. The molecule has 0 heterocycles. The molecule has 0 unspecified atom stereocenters. The number of benzene rings is 1. The van der Waals surface area contributed by atoms with Crippen molar-refractivity contribution in [3.63, 3.8) is 0 Å². The van der Waals surface area contributed by atoms with Gasteiger partial charge in [0.2, 0.25) is 0 Å². The van der Waals surface area contributed by atoms with E-state index in [1.54, 1.807) is 24.3 Å². The minimum Gasteiger partial charge on any atom is -0.267 e. The second-order valence-electron chi connectivity index (χ2n) is 3.90. The number of rotatable bonds is 1. The van der Waals surface area contributed by atoms with E-state index in [2.05, 4.69) is 4.99 Å². The highest BCUT2D eigenvalue weighted by molar-refractivity contribution is 6.31. The topological polar surface area (TPSA) is 29.4 Å². The maximum Gasteiger partial charge on any atom is 0.277 e. The normalized spacial score (nSPS) is 17.1. The molecule has 1 aromatic rings. The van der Waals surface area contributed by atoms with Crippen LogP contribution >= 0.6 is 11.6 Å². The first-order valence-corrected chi connectivity index (χ1v) is 5.75. The minimum absolute atomic E-state index is 0.250. The van der Waals surface area contributed by atoms with Crippen LogP contribution in [0.2, 0.25) is 5.02 Å². The highest BCUT2D eigenvalue weighted by atomic mass is 35.5. The first kappa shape index (κ1) is 11.8. The lowest BCUT2D eigenvalue weighted by atomic mass is 10.1. The van der Waals surface area contributed by atoms with Crippen molar-refractivity contribution in [3.8, 4) is 0 Å². The number of hydrogen-bond donors (Lipinski definition) is 0. The summed E-state index contributed by atoms with van der Waals surface area (Å²) in [6, 6.07) is 6.82. The molecular weight excluding hydrogens is 234 g/mol. The highest BCUT2D eigenvalue weighted by Gasteiger charge is 2.06. The smallest absolute Gasteiger partial charge is 0.267 e. The fourth-order valence-corrected chi connectivity index (χ4v) is 1.72. The standard InChI is InChI=1S/C14H12ClNO/c1-10-5-7-13(8-6-10)16-14(17)11-3-2-4-12(15)9-11/h2-7,9H,8H2,1H3. The summed E-state index contributed by atoms with van der Waals surface area (Å²) in [5, 5.41) is 0.547. The van der Waals surface area contributed by atoms with Gasteiger partial charge in [0.25, 0.3) is 5.91 Å². The van der Waals surface area contributed by atoms with E-state index in [4.69, 9.17) is 11.6 Å². The molecule has 0 fully saturated rings. The highest BCUT2D eigenvalue weighted by Crippen LogP contribution is 2.13. The number of allylic oxidation sites excluding steroid dienone is 4. The average Bonchev–Trinajstić information content (AvgIpc) is 2.32. The Morgan fingerprint density at radius 3 is 2.82 bits per heavy atom. The first-order chi connectivity index (χ1) is 8.15. The number of amides is 1. The number of carbonyl (C=O) groups excluding carboxylic acids is 1. The van der Waals surface area contributed by atoms with Crippen molar-refractivity contribution in [2.45, 2.75) is 13.3 Å². The number of halogens is 1. The molecule has 1 aliphatic rings. The van der Waals surface area contributed by atoms with E-state index < -0.39 is 0 Å². The molecule has 17 heavy (non-hydrogen) atoms. The van der Waals surface area contributed by atoms with Crippen LogP contribution in [0.15, 0.2) is 53.1 Å². The molecule has 0 N–H and O–H groups in total. The largest absolute Gasteiger partial charge is 0.277 e. The van der Waals surface area contributed by atoms with Gasteiger partial charge in [-0.1, -0.05) is 35.4 Å². The van der Waals surface area contributed by atoms with E-state index in [-0.39, 0.29) is 5.91 Å². The van der Waals surface area contributed by atoms with Crippen LogP contribution in [-0.2, 0) is 0 Å². The maximum absolute atomic E-state index is 11.8. The Kier molecular flexibility index (Phi) is 3.55. The Morgan fingerprint density at radius 2 is 2.18 bits per heavy atom. The molecule has 1 aliphatic carbocycles. The van der Waals surface area contributed by atoms with Gasteiger partial charge in [0.05, 0.1) is 0 Å². The molecule has 0 aliphatic heterocycles. The Balaban J connectivity index is 2.18. The molecule has 0 radical (unpaired) electrons. The van der Waals surface area contributed by atoms with E-state index >= 15 is 0 Å². The van der Waals surface area contributed by atoms with Gasteiger partial charge < -0.3 is 0 Å². The van der Waals surface area contributed by atoms with E-state index in [0.717, 1.165) is 5.71 Å². The van der Waals surface area contributed by atoms with Crippen LogP contribution in [0.25, 0.3) is 0 Å². The summed E-state index contributed by atoms with van der Waals surface area (Å²) in [5.74, 6) is -0.250. The third-order valence-electron chi connectivity index (χ3n) is 2.49. The summed E-state index contributed by atoms with van der Waals surface area (Å²) in [7, 11) is 0. The lowest BCUT2D eigenvalue weighted by Crippen LogP contribution is -2.03. The second-order valence-corrected chi connectivity index (χ2v) is 4.34. The van der Waals surface area contributed by atoms with Gasteiger partial charge in [-0.15, -0.1) is 0 Å². The van der Waals surface area contributed by atoms with Gasteiger partial charge in [0.15, 0.2) is 0 Å². The quantitative estimate of drug-likeness (QED) is 0.739. The van der Waals surface area contributed by atoms with E-state index in [1.807, 2.05) is 25.2 Å². The van der Waals surface area contributed by atoms with Crippen LogP contribution in [0.3, 0.4) is 0 Å². The Hall–Kier alpha value is -1.67. The molecule has 1 amide bonds. The SMILES string of the molecule is CC1=CCC(=NC(=O)c2cccc(Cl)c2)C=C1. The number of aliphatic imine (C=N–C) groups is 1. The zero-order chi connectivity index (χ0) is 12.3. The maximum atomic E-state index is 11.8. The average molecular weight is 246 g/mol. The van der Waals surface area contributed by atoms with Gasteiger partial charge in [0, 0.05) is 22.7 Å². The summed E-state index contributed by atoms with van der Waals surface area (Å²) in [6.45, 7) is 2.02. The molecule has 2 nitrogen and oxygen atoms in total. The van der Waals surface area contributed by atoms with Crippen molar-refractivity contribution in [1.29, 1.82) is 0 Å². The molecule has 2 rings (SSSR count). The molecule has 0 atom stereocenters. The fourth-order valence-electron chi connectivity index (χ4n) is 1.53. The second kappa shape index (κ2) is 5.11. The van der Waals surface area contributed by atoms with Crippen molar-refractivity contribution in [1.82, 2.24) is 0 Å². The molecule has 0 bridgehead atoms. The Morgan fingerprint density at radius 1 is 1.35 bits per heavy atom. The molecule has 0 aromatic heterocycles. The summed E-state index contributed by atoms with van der Waals surface area (Å²) >= 11 is 5.83. The third kappa shape index (κ3) is 3.14. The van der Waals surface area contributed by atoms with Crippen molar-refractivity contribution in [3.05, 3.63) is 58.7 Å². The number of carbonyl (C=O) groups is 1. The van der Waals surface area contributed by atoms with Gasteiger partial charge in [-0.3, -0.25) is 4.79 Å². The zero-order valence-electron chi connectivity index (χ0n) is 9.48. The van der Waals surface area contributed by atoms with Crippen molar-refractivity contribution < 1.29 is 4.79 Å². The lowest BCUT2D eigenvalue weighted by Gasteiger charge is -2.04. The van der Waals surface area contributed by atoms with E-state index in [1.165, 1.54) is 5.57 Å². The van der Waals surface area contributed by atoms with Gasteiger partial charge >= 0.3 is 0 Å². The first-order valence-electron chi connectivity index (χ1n) is 5.37. The van der Waals surface area contributed by atoms with Crippen LogP contribution in [-0.4, -0.2) is 11.6 Å². The monoisotopic (exact) mass is 245 g/mol. The molecule has 0 saturated heterocycles. The van der Waals surface area contributed by atoms with Crippen LogP contribution in [0, 0.1) is 0 Å². The molecule has 86 valence electrons. The molecule has 0 saturated carbocycles. The summed E-state index contributed by atoms with van der Waals surface area (Å²) in [5.41, 5.74) is 2.49. The van der Waals surface area contributed by atoms with Crippen molar-refractivity contribution in [2.24, 2.45) is 4.99 Å². The summed E-state index contributed by atoms with van der Waals surface area (Å²) in [6.07, 6.45) is 6.57. The molecule has 3 heteroatoms. The van der Waals surface area contributed by atoms with Crippen LogP contribution in [0.5, 0.6) is 0 Å². The molecule has 0 spiro atoms. The Bertz CT molecular complexity index is 541. The lowest BCUT2D eigenvalue weighted by molar-refractivity contribution is 0.100. The van der Waals surface area contributed by atoms with Gasteiger partial charge in [-0.2, -0.15) is 0 Å². The molecule has 1 aromatic carbocycles. The summed E-state index contributed by atoms with van der Waals surface area (Å²) < 4.78 is 0. The Labute approximate surface area is 105 Å². The predicted octanol–water partition coefficient (Wildman–Crippen LogP) is 3.83. The minimum atomic E-state index is -0.250. The van der Waals surface area contributed by atoms with Gasteiger partial charge in [0.1, 0.15) is 0 Å². The van der Waals surface area contributed by atoms with E-state index in [9.17, 15) is 4.79 Å². The van der Waals surface area contributed by atoms with Crippen molar-refractivity contribution >= 4 is 23.2 Å². The van der Waals surface area contributed by atoms with Crippen LogP contribution in [0.1, 0.15) is 23.7 Å². The zero-order valence-corrected chi connectivity index (χ0v) is 10.2.